The lowest BCUT2D eigenvalue weighted by atomic mass is 9.84. The Kier molecular flexibility index (Phi) is 5.02. The number of amides is 1. The summed E-state index contributed by atoms with van der Waals surface area (Å²) in [6, 6.07) is 10.3. The summed E-state index contributed by atoms with van der Waals surface area (Å²) in [7, 11) is 0. The maximum Gasteiger partial charge on any atom is 0.410 e. The zero-order chi connectivity index (χ0) is 16.1. The van der Waals surface area contributed by atoms with Gasteiger partial charge in [-0.2, -0.15) is 0 Å². The molecule has 3 heteroatoms. The summed E-state index contributed by atoms with van der Waals surface area (Å²) in [4.78, 5) is 14.5. The van der Waals surface area contributed by atoms with Crippen LogP contribution in [0.2, 0.25) is 0 Å². The molecule has 0 aromatic heterocycles. The van der Waals surface area contributed by atoms with E-state index in [1.165, 1.54) is 12.0 Å². The van der Waals surface area contributed by atoms with E-state index in [9.17, 15) is 4.79 Å². The molecule has 0 aliphatic carbocycles. The van der Waals surface area contributed by atoms with Gasteiger partial charge in [-0.25, -0.2) is 4.79 Å². The van der Waals surface area contributed by atoms with Gasteiger partial charge in [0.25, 0.3) is 0 Å². The van der Waals surface area contributed by atoms with E-state index in [2.05, 4.69) is 12.0 Å². The number of carbonyl (C=O) groups excluding carboxylic acids is 1. The van der Waals surface area contributed by atoms with Gasteiger partial charge in [0.1, 0.15) is 6.61 Å². The van der Waals surface area contributed by atoms with Crippen molar-refractivity contribution in [3.8, 4) is 12.3 Å². The van der Waals surface area contributed by atoms with Crippen LogP contribution < -0.4 is 0 Å². The number of carbonyl (C=O) groups is 1. The molecule has 23 heavy (non-hydrogen) atoms. The van der Waals surface area contributed by atoms with Crippen LogP contribution in [0.15, 0.2) is 42.0 Å². The van der Waals surface area contributed by atoms with Crippen molar-refractivity contribution >= 4 is 6.09 Å². The SMILES string of the molecule is C#CCCC1=CC2CCCC(C1)N2C(=O)OCc1ccccc1. The van der Waals surface area contributed by atoms with E-state index in [-0.39, 0.29) is 18.2 Å². The number of fused-ring (bicyclic) bond motifs is 2. The highest BCUT2D eigenvalue weighted by atomic mass is 16.6. The summed E-state index contributed by atoms with van der Waals surface area (Å²) in [5.41, 5.74) is 2.43. The zero-order valence-corrected chi connectivity index (χ0v) is 13.4. The predicted octanol–water partition coefficient (Wildman–Crippen LogP) is 4.29. The minimum absolute atomic E-state index is 0.179. The molecule has 1 amide bonds. The third-order valence-electron chi connectivity index (χ3n) is 4.72. The van der Waals surface area contributed by atoms with Gasteiger partial charge in [-0.1, -0.05) is 42.0 Å². The molecule has 0 N–H and O–H groups in total. The van der Waals surface area contributed by atoms with Crippen LogP contribution in [0.5, 0.6) is 0 Å². The molecule has 1 aromatic carbocycles. The second kappa shape index (κ2) is 7.37. The number of benzene rings is 1. The van der Waals surface area contributed by atoms with E-state index in [1.54, 1.807) is 0 Å². The molecule has 2 heterocycles. The molecule has 2 aliphatic rings. The molecule has 1 aromatic rings. The number of rotatable bonds is 4. The first kappa shape index (κ1) is 15.7. The summed E-state index contributed by atoms with van der Waals surface area (Å²) in [6.45, 7) is 0.337. The lowest BCUT2D eigenvalue weighted by molar-refractivity contribution is 0.0480. The van der Waals surface area contributed by atoms with Crippen LogP contribution in [0, 0.1) is 12.3 Å². The first-order valence-electron chi connectivity index (χ1n) is 8.40. The lowest BCUT2D eigenvalue weighted by Gasteiger charge is -2.44. The summed E-state index contributed by atoms with van der Waals surface area (Å²) < 4.78 is 5.55. The molecular formula is C20H23NO2. The van der Waals surface area contributed by atoms with Gasteiger partial charge in [0, 0.05) is 12.5 Å². The van der Waals surface area contributed by atoms with Crippen LogP contribution in [0.3, 0.4) is 0 Å². The molecule has 1 fully saturated rings. The van der Waals surface area contributed by atoms with Crippen molar-refractivity contribution in [2.24, 2.45) is 0 Å². The summed E-state index contributed by atoms with van der Waals surface area (Å²) >= 11 is 0. The van der Waals surface area contributed by atoms with Crippen molar-refractivity contribution in [3.63, 3.8) is 0 Å². The lowest BCUT2D eigenvalue weighted by Crippen LogP contribution is -2.51. The Bertz CT molecular complexity index is 614. The summed E-state index contributed by atoms with van der Waals surface area (Å²) in [6.07, 6.45) is 13.4. The van der Waals surface area contributed by atoms with Gasteiger partial charge in [0.05, 0.1) is 6.04 Å². The normalized spacial score (nSPS) is 22.9. The molecule has 1 saturated heterocycles. The Balaban J connectivity index is 1.64. The van der Waals surface area contributed by atoms with Gasteiger partial charge in [-0.05, 0) is 37.7 Å². The fraction of sp³-hybridized carbons (Fsp3) is 0.450. The van der Waals surface area contributed by atoms with Gasteiger partial charge in [-0.15, -0.1) is 12.3 Å². The highest BCUT2D eigenvalue weighted by molar-refractivity contribution is 5.69. The monoisotopic (exact) mass is 309 g/mol. The van der Waals surface area contributed by atoms with Gasteiger partial charge in [-0.3, -0.25) is 4.90 Å². The fourth-order valence-electron chi connectivity index (χ4n) is 3.61. The predicted molar refractivity (Wildman–Crippen MR) is 90.7 cm³/mol. The number of hydrogen-bond donors (Lipinski definition) is 0. The topological polar surface area (TPSA) is 29.5 Å². The third kappa shape index (κ3) is 3.76. The van der Waals surface area contributed by atoms with Gasteiger partial charge in [0.2, 0.25) is 0 Å². The van der Waals surface area contributed by atoms with Crippen LogP contribution in [0.1, 0.15) is 44.1 Å². The fourth-order valence-corrected chi connectivity index (χ4v) is 3.61. The molecule has 2 unspecified atom stereocenters. The van der Waals surface area contributed by atoms with Crippen LogP contribution in [0.25, 0.3) is 0 Å². The highest BCUT2D eigenvalue weighted by Crippen LogP contribution is 2.35. The Morgan fingerprint density at radius 3 is 2.87 bits per heavy atom. The first-order chi connectivity index (χ1) is 11.3. The molecule has 0 saturated carbocycles. The largest absolute Gasteiger partial charge is 0.445 e. The molecule has 0 radical (unpaired) electrons. The average Bonchev–Trinajstić information content (AvgIpc) is 2.58. The van der Waals surface area contributed by atoms with Crippen molar-refractivity contribution < 1.29 is 9.53 Å². The molecule has 2 atom stereocenters. The molecule has 3 rings (SSSR count). The second-order valence-corrected chi connectivity index (χ2v) is 6.33. The molecule has 2 bridgehead atoms. The second-order valence-electron chi connectivity index (χ2n) is 6.33. The van der Waals surface area contributed by atoms with Crippen LogP contribution in [0.4, 0.5) is 4.79 Å². The maximum absolute atomic E-state index is 12.5. The molecule has 3 nitrogen and oxygen atoms in total. The standard InChI is InChI=1S/C20H23NO2/c1-2-3-8-17-13-18-11-7-12-19(14-17)21(18)20(22)23-15-16-9-5-4-6-10-16/h1,4-6,9-10,13,18-19H,3,7-8,11-12,14-15H2. The number of piperidine rings is 1. The number of terminal acetylenes is 1. The van der Waals surface area contributed by atoms with Crippen molar-refractivity contribution in [2.75, 3.05) is 0 Å². The Morgan fingerprint density at radius 1 is 1.30 bits per heavy atom. The van der Waals surface area contributed by atoms with Gasteiger partial charge >= 0.3 is 6.09 Å². The number of nitrogens with zero attached hydrogens (tertiary/aromatic N) is 1. The minimum Gasteiger partial charge on any atom is -0.445 e. The minimum atomic E-state index is -0.184. The maximum atomic E-state index is 12.5. The summed E-state index contributed by atoms with van der Waals surface area (Å²) in [5.74, 6) is 2.71. The van der Waals surface area contributed by atoms with Crippen molar-refractivity contribution in [3.05, 3.63) is 47.5 Å². The Morgan fingerprint density at radius 2 is 2.13 bits per heavy atom. The van der Waals surface area contributed by atoms with E-state index in [0.29, 0.717) is 6.61 Å². The van der Waals surface area contributed by atoms with Gasteiger partial charge < -0.3 is 4.74 Å². The quantitative estimate of drug-likeness (QED) is 0.613. The van der Waals surface area contributed by atoms with Crippen LogP contribution in [-0.2, 0) is 11.3 Å². The average molecular weight is 309 g/mol. The number of ether oxygens (including phenoxy) is 1. The van der Waals surface area contributed by atoms with E-state index in [4.69, 9.17) is 11.2 Å². The Hall–Kier alpha value is -2.21. The van der Waals surface area contributed by atoms with Crippen molar-refractivity contribution in [1.29, 1.82) is 0 Å². The van der Waals surface area contributed by atoms with Crippen LogP contribution in [-0.4, -0.2) is 23.1 Å². The third-order valence-corrected chi connectivity index (χ3v) is 4.72. The van der Waals surface area contributed by atoms with E-state index in [1.807, 2.05) is 35.2 Å². The Labute approximate surface area is 138 Å². The van der Waals surface area contributed by atoms with Crippen molar-refractivity contribution in [2.45, 2.75) is 57.2 Å². The molecule has 120 valence electrons. The highest BCUT2D eigenvalue weighted by Gasteiger charge is 2.37. The van der Waals surface area contributed by atoms with E-state index >= 15 is 0 Å². The summed E-state index contributed by atoms with van der Waals surface area (Å²) in [5, 5.41) is 0. The molecule has 2 aliphatic heterocycles. The zero-order valence-electron chi connectivity index (χ0n) is 13.4. The van der Waals surface area contributed by atoms with Crippen molar-refractivity contribution in [1.82, 2.24) is 4.90 Å². The van der Waals surface area contributed by atoms with E-state index in [0.717, 1.165) is 37.7 Å². The van der Waals surface area contributed by atoms with Crippen LogP contribution >= 0.6 is 0 Å². The smallest absolute Gasteiger partial charge is 0.410 e. The molecular weight excluding hydrogens is 286 g/mol. The van der Waals surface area contributed by atoms with E-state index < -0.39 is 0 Å². The molecule has 0 spiro atoms. The first-order valence-corrected chi connectivity index (χ1v) is 8.40. The van der Waals surface area contributed by atoms with Gasteiger partial charge in [0.15, 0.2) is 0 Å². The number of hydrogen-bond acceptors (Lipinski definition) is 2.